The van der Waals surface area contributed by atoms with Gasteiger partial charge in [-0.25, -0.2) is 4.79 Å². The Morgan fingerprint density at radius 3 is 2.62 bits per heavy atom. The first kappa shape index (κ1) is 18.5. The molecular formula is C16H18Cl2N6O2. The summed E-state index contributed by atoms with van der Waals surface area (Å²) < 4.78 is 0. The van der Waals surface area contributed by atoms with E-state index >= 15 is 0 Å². The molecule has 0 radical (unpaired) electrons. The van der Waals surface area contributed by atoms with Crippen molar-refractivity contribution in [1.82, 2.24) is 20.5 Å². The minimum atomic E-state index is -1.02. The van der Waals surface area contributed by atoms with Crippen LogP contribution in [-0.2, 0) is 0 Å². The van der Waals surface area contributed by atoms with Crippen LogP contribution in [0.1, 0.15) is 19.8 Å². The van der Waals surface area contributed by atoms with Crippen molar-refractivity contribution in [3.05, 3.63) is 28.2 Å². The Morgan fingerprint density at radius 1 is 1.31 bits per heavy atom. The molecule has 8 nitrogen and oxygen atoms in total. The number of aromatic nitrogens is 3. The highest BCUT2D eigenvalue weighted by atomic mass is 35.5. The lowest BCUT2D eigenvalue weighted by Gasteiger charge is -2.39. The summed E-state index contributed by atoms with van der Waals surface area (Å²) in [7, 11) is 0. The first-order valence-corrected chi connectivity index (χ1v) is 8.75. The maximum absolute atomic E-state index is 10.9. The SMILES string of the molecule is CC1(NC(=O)O)CCN(c2nnc(-c3cccc(Cl)c3Cl)c(N)n2)CC1. The molecule has 1 amide bonds. The molecule has 4 N–H and O–H groups in total. The Hall–Kier alpha value is -2.32. The summed E-state index contributed by atoms with van der Waals surface area (Å²) in [5.74, 6) is 0.609. The smallest absolute Gasteiger partial charge is 0.405 e. The number of hydrogen-bond acceptors (Lipinski definition) is 6. The molecule has 0 atom stereocenters. The number of hydrogen-bond donors (Lipinski definition) is 3. The van der Waals surface area contributed by atoms with Crippen molar-refractivity contribution in [2.75, 3.05) is 23.7 Å². The van der Waals surface area contributed by atoms with Gasteiger partial charge < -0.3 is 21.1 Å². The van der Waals surface area contributed by atoms with Crippen molar-refractivity contribution in [1.29, 1.82) is 0 Å². The van der Waals surface area contributed by atoms with Gasteiger partial charge in [-0.05, 0) is 25.8 Å². The van der Waals surface area contributed by atoms with Gasteiger partial charge in [-0.2, -0.15) is 4.98 Å². The molecule has 10 heteroatoms. The predicted molar refractivity (Wildman–Crippen MR) is 101 cm³/mol. The van der Waals surface area contributed by atoms with Gasteiger partial charge in [0.15, 0.2) is 5.82 Å². The number of amides is 1. The quantitative estimate of drug-likeness (QED) is 0.729. The molecule has 1 aromatic heterocycles. The molecule has 2 aromatic rings. The molecule has 1 fully saturated rings. The minimum absolute atomic E-state index is 0.205. The first-order valence-electron chi connectivity index (χ1n) is 8.00. The lowest BCUT2D eigenvalue weighted by molar-refractivity contribution is 0.173. The van der Waals surface area contributed by atoms with Crippen LogP contribution in [0, 0.1) is 0 Å². The van der Waals surface area contributed by atoms with Gasteiger partial charge in [0.05, 0.1) is 10.0 Å². The third-order valence-corrected chi connectivity index (χ3v) is 5.29. The molecule has 1 aliphatic heterocycles. The lowest BCUT2D eigenvalue weighted by atomic mass is 9.90. The van der Waals surface area contributed by atoms with E-state index in [1.54, 1.807) is 18.2 Å². The van der Waals surface area contributed by atoms with E-state index in [9.17, 15) is 4.79 Å². The summed E-state index contributed by atoms with van der Waals surface area (Å²) in [4.78, 5) is 17.2. The number of benzene rings is 1. The van der Waals surface area contributed by atoms with Crippen LogP contribution in [0.4, 0.5) is 16.6 Å². The number of carboxylic acid groups (broad SMARTS) is 1. The van der Waals surface area contributed by atoms with Crippen LogP contribution < -0.4 is 16.0 Å². The average molecular weight is 397 g/mol. The molecule has 2 heterocycles. The molecular weight excluding hydrogens is 379 g/mol. The monoisotopic (exact) mass is 396 g/mol. The number of nitrogens with two attached hydrogens (primary N) is 1. The Kier molecular flexibility index (Phi) is 5.06. The molecule has 1 aromatic carbocycles. The normalized spacial score (nSPS) is 16.3. The van der Waals surface area contributed by atoms with Gasteiger partial charge in [0.1, 0.15) is 5.69 Å². The number of anilines is 2. The molecule has 0 bridgehead atoms. The predicted octanol–water partition coefficient (Wildman–Crippen LogP) is 3.05. The second kappa shape index (κ2) is 7.13. The topological polar surface area (TPSA) is 117 Å². The van der Waals surface area contributed by atoms with Gasteiger partial charge in [-0.15, -0.1) is 10.2 Å². The fourth-order valence-corrected chi connectivity index (χ4v) is 3.31. The zero-order valence-corrected chi connectivity index (χ0v) is 15.5. The Morgan fingerprint density at radius 2 is 2.00 bits per heavy atom. The van der Waals surface area contributed by atoms with Crippen LogP contribution in [0.25, 0.3) is 11.3 Å². The molecule has 1 aliphatic rings. The summed E-state index contributed by atoms with van der Waals surface area (Å²) in [6, 6.07) is 5.17. The fourth-order valence-electron chi connectivity index (χ4n) is 2.92. The van der Waals surface area contributed by atoms with Gasteiger partial charge in [-0.3, -0.25) is 0 Å². The molecule has 3 rings (SSSR count). The van der Waals surface area contributed by atoms with E-state index in [0.717, 1.165) is 0 Å². The highest BCUT2D eigenvalue weighted by Crippen LogP contribution is 2.34. The Bertz CT molecular complexity index is 839. The lowest BCUT2D eigenvalue weighted by Crippen LogP contribution is -2.53. The maximum Gasteiger partial charge on any atom is 0.405 e. The first-order chi connectivity index (χ1) is 12.3. The van der Waals surface area contributed by atoms with Crippen molar-refractivity contribution in [3.8, 4) is 11.3 Å². The van der Waals surface area contributed by atoms with E-state index < -0.39 is 11.6 Å². The van der Waals surface area contributed by atoms with E-state index in [2.05, 4.69) is 20.5 Å². The molecule has 0 aliphatic carbocycles. The number of halogens is 2. The second-order valence-corrected chi connectivity index (χ2v) is 7.21. The van der Waals surface area contributed by atoms with Crippen molar-refractivity contribution in [2.45, 2.75) is 25.3 Å². The summed E-state index contributed by atoms with van der Waals surface area (Å²) in [5, 5.41) is 20.6. The van der Waals surface area contributed by atoms with Crippen LogP contribution in [0.15, 0.2) is 18.2 Å². The number of piperidine rings is 1. The summed E-state index contributed by atoms with van der Waals surface area (Å²) in [6.07, 6.45) is 0.236. The number of nitrogens with one attached hydrogen (secondary N) is 1. The molecule has 26 heavy (non-hydrogen) atoms. The maximum atomic E-state index is 10.9. The van der Waals surface area contributed by atoms with Crippen molar-refractivity contribution < 1.29 is 9.90 Å². The van der Waals surface area contributed by atoms with E-state index in [1.807, 2.05) is 11.8 Å². The van der Waals surface area contributed by atoms with Gasteiger partial charge in [0, 0.05) is 24.2 Å². The van der Waals surface area contributed by atoms with Crippen molar-refractivity contribution >= 4 is 41.1 Å². The van der Waals surface area contributed by atoms with Crippen LogP contribution in [-0.4, -0.2) is 45.0 Å². The van der Waals surface area contributed by atoms with Crippen LogP contribution in [0.3, 0.4) is 0 Å². The molecule has 0 spiro atoms. The van der Waals surface area contributed by atoms with E-state index in [1.165, 1.54) is 0 Å². The van der Waals surface area contributed by atoms with Gasteiger partial charge in [-0.1, -0.05) is 35.3 Å². The Labute approximate surface area is 160 Å². The summed E-state index contributed by atoms with van der Waals surface area (Å²) in [5.41, 5.74) is 6.54. The fraction of sp³-hybridized carbons (Fsp3) is 0.375. The van der Waals surface area contributed by atoms with Gasteiger partial charge >= 0.3 is 6.09 Å². The Balaban J connectivity index is 1.79. The number of nitrogens with zero attached hydrogens (tertiary/aromatic N) is 4. The third kappa shape index (κ3) is 3.76. The molecule has 0 saturated carbocycles. The molecule has 0 unspecified atom stereocenters. The van der Waals surface area contributed by atoms with E-state index in [-0.39, 0.29) is 5.82 Å². The van der Waals surface area contributed by atoms with E-state index in [0.29, 0.717) is 53.2 Å². The zero-order chi connectivity index (χ0) is 18.9. The standard InChI is InChI=1S/C16H18Cl2N6O2/c1-16(21-15(25)26)5-7-24(8-6-16)14-20-13(19)12(22-23-14)9-3-2-4-10(17)11(9)18/h2-4,21H,5-8H2,1H3,(H,25,26)(H2,19,20,23). The van der Waals surface area contributed by atoms with Crippen LogP contribution >= 0.6 is 23.2 Å². The average Bonchev–Trinajstić information content (AvgIpc) is 2.57. The number of nitrogen functional groups attached to an aromatic ring is 1. The zero-order valence-electron chi connectivity index (χ0n) is 14.0. The summed E-state index contributed by atoms with van der Waals surface area (Å²) >= 11 is 12.2. The van der Waals surface area contributed by atoms with Gasteiger partial charge in [0.2, 0.25) is 5.95 Å². The third-order valence-electron chi connectivity index (χ3n) is 4.47. The highest BCUT2D eigenvalue weighted by molar-refractivity contribution is 6.43. The number of carbonyl (C=O) groups is 1. The van der Waals surface area contributed by atoms with Crippen molar-refractivity contribution in [3.63, 3.8) is 0 Å². The second-order valence-electron chi connectivity index (χ2n) is 6.42. The van der Waals surface area contributed by atoms with Crippen molar-refractivity contribution in [2.24, 2.45) is 0 Å². The number of rotatable bonds is 3. The molecule has 138 valence electrons. The van der Waals surface area contributed by atoms with Crippen LogP contribution in [0.2, 0.25) is 10.0 Å². The highest BCUT2D eigenvalue weighted by Gasteiger charge is 2.32. The molecule has 1 saturated heterocycles. The minimum Gasteiger partial charge on any atom is -0.465 e. The van der Waals surface area contributed by atoms with E-state index in [4.69, 9.17) is 34.0 Å². The van der Waals surface area contributed by atoms with Crippen LogP contribution in [0.5, 0.6) is 0 Å². The van der Waals surface area contributed by atoms with Gasteiger partial charge in [0.25, 0.3) is 0 Å². The summed E-state index contributed by atoms with van der Waals surface area (Å²) in [6.45, 7) is 3.07. The largest absolute Gasteiger partial charge is 0.465 e.